The number of anilines is 1. The molecule has 2 rings (SSSR count). The smallest absolute Gasteiger partial charge is 0.253 e. The minimum absolute atomic E-state index is 0.0758. The van der Waals surface area contributed by atoms with Gasteiger partial charge in [-0.25, -0.2) is 8.42 Å². The number of nitrogens with one attached hydrogen (secondary N) is 1. The van der Waals surface area contributed by atoms with Gasteiger partial charge >= 0.3 is 0 Å². The van der Waals surface area contributed by atoms with E-state index in [1.165, 1.54) is 12.1 Å². The van der Waals surface area contributed by atoms with E-state index < -0.39 is 15.9 Å². The molecule has 110 valence electrons. The van der Waals surface area contributed by atoms with Gasteiger partial charge in [0.2, 0.25) is 0 Å². The standard InChI is InChI=1S/C13H18N2O4S/c1-20(17,18)11-4-2-3-9(7-11)15-13(16)12-6-5-10(8-14)19-12/h2-4,7,10,12H,5-6,8,14H2,1H3,(H,15,16). The first-order valence-electron chi connectivity index (χ1n) is 6.36. The minimum atomic E-state index is -3.29. The number of hydrogen-bond donors (Lipinski definition) is 2. The van der Waals surface area contributed by atoms with Gasteiger partial charge in [-0.3, -0.25) is 4.79 Å². The van der Waals surface area contributed by atoms with Gasteiger partial charge in [0.15, 0.2) is 9.84 Å². The van der Waals surface area contributed by atoms with E-state index in [0.29, 0.717) is 18.7 Å². The Bertz CT molecular complexity index is 600. The van der Waals surface area contributed by atoms with Crippen LogP contribution in [0.4, 0.5) is 5.69 Å². The SMILES string of the molecule is CS(=O)(=O)c1cccc(NC(=O)C2CCC(CN)O2)c1. The molecule has 1 fully saturated rings. The van der Waals surface area contributed by atoms with E-state index in [1.54, 1.807) is 12.1 Å². The first-order chi connectivity index (χ1) is 9.40. The van der Waals surface area contributed by atoms with Crippen molar-refractivity contribution in [2.24, 2.45) is 5.73 Å². The number of amides is 1. The third-order valence-electron chi connectivity index (χ3n) is 3.19. The summed E-state index contributed by atoms with van der Waals surface area (Å²) in [6, 6.07) is 6.15. The van der Waals surface area contributed by atoms with Crippen molar-refractivity contribution in [3.63, 3.8) is 0 Å². The lowest BCUT2D eigenvalue weighted by molar-refractivity contribution is -0.126. The van der Waals surface area contributed by atoms with Gasteiger partial charge in [-0.05, 0) is 31.0 Å². The van der Waals surface area contributed by atoms with Crippen LogP contribution in [0.2, 0.25) is 0 Å². The molecule has 7 heteroatoms. The van der Waals surface area contributed by atoms with Gasteiger partial charge in [-0.1, -0.05) is 6.07 Å². The first kappa shape index (κ1) is 15.0. The fraction of sp³-hybridized carbons (Fsp3) is 0.462. The van der Waals surface area contributed by atoms with Crippen LogP contribution in [0.3, 0.4) is 0 Å². The molecule has 1 amide bonds. The van der Waals surface area contributed by atoms with E-state index in [4.69, 9.17) is 10.5 Å². The summed E-state index contributed by atoms with van der Waals surface area (Å²) in [5, 5.41) is 2.67. The van der Waals surface area contributed by atoms with E-state index in [-0.39, 0.29) is 16.9 Å². The summed E-state index contributed by atoms with van der Waals surface area (Å²) < 4.78 is 28.4. The van der Waals surface area contributed by atoms with Crippen molar-refractivity contribution in [3.8, 4) is 0 Å². The molecule has 1 aliphatic rings. The average molecular weight is 298 g/mol. The topological polar surface area (TPSA) is 98.5 Å². The number of hydrogen-bond acceptors (Lipinski definition) is 5. The van der Waals surface area contributed by atoms with Crippen molar-refractivity contribution in [1.82, 2.24) is 0 Å². The summed E-state index contributed by atoms with van der Waals surface area (Å²) in [6.45, 7) is 0.396. The van der Waals surface area contributed by atoms with Crippen LogP contribution in [0, 0.1) is 0 Å². The Kier molecular flexibility index (Phi) is 4.42. The largest absolute Gasteiger partial charge is 0.364 e. The summed E-state index contributed by atoms with van der Waals surface area (Å²) in [6.07, 6.45) is 1.91. The Morgan fingerprint density at radius 1 is 1.45 bits per heavy atom. The second-order valence-electron chi connectivity index (χ2n) is 4.85. The van der Waals surface area contributed by atoms with Crippen molar-refractivity contribution in [2.45, 2.75) is 29.9 Å². The van der Waals surface area contributed by atoms with Crippen LogP contribution >= 0.6 is 0 Å². The molecule has 0 aliphatic carbocycles. The molecule has 0 spiro atoms. The molecule has 1 heterocycles. The maximum atomic E-state index is 12.0. The molecule has 2 atom stereocenters. The second-order valence-corrected chi connectivity index (χ2v) is 6.86. The lowest BCUT2D eigenvalue weighted by Crippen LogP contribution is -2.29. The molecule has 1 aliphatic heterocycles. The lowest BCUT2D eigenvalue weighted by Gasteiger charge is -2.13. The van der Waals surface area contributed by atoms with Gasteiger partial charge in [-0.15, -0.1) is 0 Å². The fourth-order valence-corrected chi connectivity index (χ4v) is 2.77. The van der Waals surface area contributed by atoms with Crippen LogP contribution in [-0.4, -0.2) is 39.3 Å². The van der Waals surface area contributed by atoms with Crippen molar-refractivity contribution < 1.29 is 17.9 Å². The summed E-state index contributed by atoms with van der Waals surface area (Å²) >= 11 is 0. The molecule has 0 bridgehead atoms. The van der Waals surface area contributed by atoms with Gasteiger partial charge in [0, 0.05) is 18.5 Å². The molecule has 20 heavy (non-hydrogen) atoms. The summed E-state index contributed by atoms with van der Waals surface area (Å²) in [5.41, 5.74) is 5.94. The molecule has 1 aromatic rings. The molecule has 0 saturated carbocycles. The molecule has 0 aromatic heterocycles. The predicted molar refractivity (Wildman–Crippen MR) is 75.1 cm³/mol. The summed E-state index contributed by atoms with van der Waals surface area (Å²) in [7, 11) is -3.29. The highest BCUT2D eigenvalue weighted by molar-refractivity contribution is 7.90. The van der Waals surface area contributed by atoms with E-state index in [2.05, 4.69) is 5.32 Å². The minimum Gasteiger partial charge on any atom is -0.364 e. The van der Waals surface area contributed by atoms with Crippen molar-refractivity contribution >= 4 is 21.4 Å². The van der Waals surface area contributed by atoms with Gasteiger partial charge in [0.05, 0.1) is 11.0 Å². The van der Waals surface area contributed by atoms with Crippen molar-refractivity contribution in [1.29, 1.82) is 0 Å². The van der Waals surface area contributed by atoms with Crippen LogP contribution in [0.25, 0.3) is 0 Å². The van der Waals surface area contributed by atoms with Crippen LogP contribution in [0.5, 0.6) is 0 Å². The van der Waals surface area contributed by atoms with Crippen LogP contribution in [0.15, 0.2) is 29.2 Å². The van der Waals surface area contributed by atoms with Gasteiger partial charge < -0.3 is 15.8 Å². The molecule has 6 nitrogen and oxygen atoms in total. The van der Waals surface area contributed by atoms with Gasteiger partial charge in [0.1, 0.15) is 6.10 Å². The number of carbonyl (C=O) groups is 1. The highest BCUT2D eigenvalue weighted by atomic mass is 32.2. The number of ether oxygens (including phenoxy) is 1. The maximum Gasteiger partial charge on any atom is 0.253 e. The van der Waals surface area contributed by atoms with Gasteiger partial charge in [-0.2, -0.15) is 0 Å². The highest BCUT2D eigenvalue weighted by Crippen LogP contribution is 2.21. The van der Waals surface area contributed by atoms with Crippen LogP contribution in [0.1, 0.15) is 12.8 Å². The summed E-state index contributed by atoms with van der Waals surface area (Å²) in [5.74, 6) is -0.272. The number of nitrogens with two attached hydrogens (primary N) is 1. The average Bonchev–Trinajstić information content (AvgIpc) is 2.87. The zero-order valence-electron chi connectivity index (χ0n) is 11.2. The van der Waals surface area contributed by atoms with E-state index in [0.717, 1.165) is 12.7 Å². The third kappa shape index (κ3) is 3.56. The third-order valence-corrected chi connectivity index (χ3v) is 4.30. The molecule has 1 aromatic carbocycles. The molecule has 2 unspecified atom stereocenters. The molecule has 3 N–H and O–H groups in total. The number of benzene rings is 1. The van der Waals surface area contributed by atoms with Crippen molar-refractivity contribution in [3.05, 3.63) is 24.3 Å². The Balaban J connectivity index is 2.05. The van der Waals surface area contributed by atoms with Crippen LogP contribution in [-0.2, 0) is 19.4 Å². The maximum absolute atomic E-state index is 12.0. The van der Waals surface area contributed by atoms with E-state index >= 15 is 0 Å². The Morgan fingerprint density at radius 3 is 2.80 bits per heavy atom. The number of carbonyl (C=O) groups excluding carboxylic acids is 1. The molecular formula is C13H18N2O4S. The Hall–Kier alpha value is -1.44. The van der Waals surface area contributed by atoms with E-state index in [9.17, 15) is 13.2 Å². The van der Waals surface area contributed by atoms with E-state index in [1.807, 2.05) is 0 Å². The summed E-state index contributed by atoms with van der Waals surface area (Å²) in [4.78, 5) is 12.2. The normalized spacial score (nSPS) is 22.7. The van der Waals surface area contributed by atoms with Gasteiger partial charge in [0.25, 0.3) is 5.91 Å². The van der Waals surface area contributed by atoms with Crippen LogP contribution < -0.4 is 11.1 Å². The zero-order valence-corrected chi connectivity index (χ0v) is 12.0. The first-order valence-corrected chi connectivity index (χ1v) is 8.26. The number of rotatable bonds is 4. The Morgan fingerprint density at radius 2 is 2.20 bits per heavy atom. The predicted octanol–water partition coefficient (Wildman–Crippen LogP) is 0.535. The lowest BCUT2D eigenvalue weighted by atomic mass is 10.2. The molecule has 0 radical (unpaired) electrons. The quantitative estimate of drug-likeness (QED) is 0.845. The Labute approximate surface area is 118 Å². The monoisotopic (exact) mass is 298 g/mol. The number of sulfone groups is 1. The molecule has 1 saturated heterocycles. The zero-order chi connectivity index (χ0) is 14.8. The fourth-order valence-electron chi connectivity index (χ4n) is 2.10. The highest BCUT2D eigenvalue weighted by Gasteiger charge is 2.29. The van der Waals surface area contributed by atoms with Crippen molar-refractivity contribution in [2.75, 3.05) is 18.1 Å². The second kappa shape index (κ2) is 5.90. The molecular weight excluding hydrogens is 280 g/mol.